The van der Waals surface area contributed by atoms with Gasteiger partial charge < -0.3 is 0 Å². The predicted molar refractivity (Wildman–Crippen MR) is 104 cm³/mol. The van der Waals surface area contributed by atoms with E-state index in [-0.39, 0.29) is 16.8 Å². The minimum atomic E-state index is -4.51. The lowest BCUT2D eigenvalue weighted by atomic mass is 10.0. The van der Waals surface area contributed by atoms with Crippen LogP contribution in [0.25, 0.3) is 28.1 Å². The third-order valence-corrected chi connectivity index (χ3v) is 4.75. The summed E-state index contributed by atoms with van der Waals surface area (Å²) in [5.74, 6) is 0.343. The van der Waals surface area contributed by atoms with E-state index in [1.54, 1.807) is 17.7 Å². The Kier molecular flexibility index (Phi) is 4.37. The van der Waals surface area contributed by atoms with Crippen LogP contribution in [0.2, 0.25) is 0 Å². The molecule has 2 aromatic carbocycles. The van der Waals surface area contributed by atoms with E-state index in [0.29, 0.717) is 11.5 Å². The van der Waals surface area contributed by atoms with E-state index in [2.05, 4.69) is 20.3 Å². The first-order chi connectivity index (χ1) is 13.7. The summed E-state index contributed by atoms with van der Waals surface area (Å²) in [6.07, 6.45) is -4.51. The van der Waals surface area contributed by atoms with Crippen LogP contribution < -0.4 is 0 Å². The van der Waals surface area contributed by atoms with Gasteiger partial charge in [-0.1, -0.05) is 41.1 Å². The molecule has 148 valence electrons. The first-order valence-electron chi connectivity index (χ1n) is 9.01. The highest BCUT2D eigenvalue weighted by atomic mass is 19.4. The molecule has 4 rings (SSSR count). The number of aryl methyl sites for hydroxylation is 4. The molecule has 8 heteroatoms. The molecule has 0 aliphatic rings. The van der Waals surface area contributed by atoms with Gasteiger partial charge in [0.2, 0.25) is 0 Å². The average molecular weight is 397 g/mol. The summed E-state index contributed by atoms with van der Waals surface area (Å²) in [6.45, 7) is 7.56. The van der Waals surface area contributed by atoms with Crippen LogP contribution in [0.5, 0.6) is 0 Å². The lowest BCUT2D eigenvalue weighted by Gasteiger charge is -2.13. The van der Waals surface area contributed by atoms with E-state index < -0.39 is 11.7 Å². The van der Waals surface area contributed by atoms with Gasteiger partial charge in [0.25, 0.3) is 0 Å². The molecule has 0 unspecified atom stereocenters. The second kappa shape index (κ2) is 6.65. The van der Waals surface area contributed by atoms with Gasteiger partial charge in [0, 0.05) is 5.56 Å². The van der Waals surface area contributed by atoms with E-state index in [4.69, 9.17) is 0 Å². The minimum Gasteiger partial charge on any atom is -0.231 e. The van der Waals surface area contributed by atoms with Crippen LogP contribution in [-0.4, -0.2) is 25.0 Å². The average Bonchev–Trinajstić information content (AvgIpc) is 3.03. The summed E-state index contributed by atoms with van der Waals surface area (Å²) >= 11 is 0. The number of aromatic nitrogens is 5. The first kappa shape index (κ1) is 19.0. The van der Waals surface area contributed by atoms with Crippen molar-refractivity contribution in [2.75, 3.05) is 0 Å². The monoisotopic (exact) mass is 397 g/mol. The van der Waals surface area contributed by atoms with Gasteiger partial charge in [0.15, 0.2) is 11.2 Å². The second-order valence-corrected chi connectivity index (χ2v) is 7.08. The zero-order chi connectivity index (χ0) is 20.9. The van der Waals surface area contributed by atoms with Crippen molar-refractivity contribution in [2.24, 2.45) is 0 Å². The molecular formula is C21H18F3N5. The number of nitrogens with zero attached hydrogens (tertiary/aromatic N) is 5. The topological polar surface area (TPSA) is 56.5 Å². The largest absolute Gasteiger partial charge is 0.417 e. The summed E-state index contributed by atoms with van der Waals surface area (Å²) in [7, 11) is 0. The quantitative estimate of drug-likeness (QED) is 0.471. The minimum absolute atomic E-state index is 0.0418. The van der Waals surface area contributed by atoms with Gasteiger partial charge in [-0.25, -0.2) is 9.97 Å². The lowest BCUT2D eigenvalue weighted by molar-refractivity contribution is -0.137. The lowest BCUT2D eigenvalue weighted by Crippen LogP contribution is -2.08. The van der Waals surface area contributed by atoms with Crippen LogP contribution in [0.4, 0.5) is 13.2 Å². The number of rotatable bonds is 2. The molecule has 0 radical (unpaired) electrons. The van der Waals surface area contributed by atoms with E-state index in [0.717, 1.165) is 28.4 Å². The molecule has 2 heterocycles. The number of hydrogen-bond acceptors (Lipinski definition) is 4. The summed E-state index contributed by atoms with van der Waals surface area (Å²) in [5.41, 5.74) is 3.78. The third-order valence-electron chi connectivity index (χ3n) is 4.75. The van der Waals surface area contributed by atoms with Gasteiger partial charge in [-0.3, -0.25) is 0 Å². The first-order valence-corrected chi connectivity index (χ1v) is 9.01. The molecule has 0 fully saturated rings. The van der Waals surface area contributed by atoms with Gasteiger partial charge in [0.1, 0.15) is 11.5 Å². The van der Waals surface area contributed by atoms with Crippen LogP contribution in [0.1, 0.15) is 28.1 Å². The molecule has 5 nitrogen and oxygen atoms in total. The normalized spacial score (nSPS) is 12.0. The van der Waals surface area contributed by atoms with E-state index in [1.807, 2.05) is 32.9 Å². The molecule has 0 saturated carbocycles. The molecule has 4 aromatic rings. The van der Waals surface area contributed by atoms with Crippen molar-refractivity contribution < 1.29 is 13.2 Å². The van der Waals surface area contributed by atoms with Gasteiger partial charge >= 0.3 is 6.18 Å². The molecular weight excluding hydrogens is 379 g/mol. The van der Waals surface area contributed by atoms with Crippen molar-refractivity contribution in [3.63, 3.8) is 0 Å². The van der Waals surface area contributed by atoms with Crippen LogP contribution in [0, 0.1) is 27.7 Å². The maximum atomic E-state index is 13.6. The van der Waals surface area contributed by atoms with E-state index in [1.165, 1.54) is 12.1 Å². The maximum absolute atomic E-state index is 13.6. The molecule has 0 bridgehead atoms. The Balaban J connectivity index is 2.03. The standard InChI is InChI=1S/C21H18F3N5/c1-11-9-12(2)19(13(3)10-11)29-20-18(27-28-29)17(25-14(4)26-20)15-7-5-6-8-16(15)21(22,23)24/h5-10H,1-4H3. The Labute approximate surface area is 165 Å². The molecule has 0 spiro atoms. The van der Waals surface area contributed by atoms with Crippen molar-refractivity contribution in [1.82, 2.24) is 25.0 Å². The van der Waals surface area contributed by atoms with Gasteiger partial charge in [0.05, 0.1) is 11.3 Å². The molecule has 0 aliphatic carbocycles. The molecule has 0 atom stereocenters. The summed E-state index contributed by atoms with van der Waals surface area (Å²) in [5, 5.41) is 8.38. The van der Waals surface area contributed by atoms with Crippen molar-refractivity contribution in [2.45, 2.75) is 33.9 Å². The fourth-order valence-corrected chi connectivity index (χ4v) is 3.71. The zero-order valence-corrected chi connectivity index (χ0v) is 16.3. The number of fused-ring (bicyclic) bond motifs is 1. The van der Waals surface area contributed by atoms with Gasteiger partial charge in [-0.05, 0) is 44.9 Å². The Morgan fingerprint density at radius 2 is 1.55 bits per heavy atom. The second-order valence-electron chi connectivity index (χ2n) is 7.08. The molecule has 0 aliphatic heterocycles. The fourth-order valence-electron chi connectivity index (χ4n) is 3.71. The third kappa shape index (κ3) is 3.24. The van der Waals surface area contributed by atoms with Gasteiger partial charge in [-0.2, -0.15) is 17.9 Å². The number of hydrogen-bond donors (Lipinski definition) is 0. The molecule has 0 amide bonds. The molecule has 2 aromatic heterocycles. The molecule has 0 N–H and O–H groups in total. The summed E-state index contributed by atoms with van der Waals surface area (Å²) < 4.78 is 42.3. The Bertz CT molecular complexity index is 1220. The molecule has 29 heavy (non-hydrogen) atoms. The maximum Gasteiger partial charge on any atom is 0.417 e. The van der Waals surface area contributed by atoms with Crippen LogP contribution >= 0.6 is 0 Å². The Morgan fingerprint density at radius 3 is 2.21 bits per heavy atom. The Hall–Kier alpha value is -3.29. The zero-order valence-electron chi connectivity index (χ0n) is 16.3. The number of halogens is 3. The smallest absolute Gasteiger partial charge is 0.231 e. The highest BCUT2D eigenvalue weighted by Crippen LogP contribution is 2.38. The number of benzene rings is 2. The van der Waals surface area contributed by atoms with Crippen molar-refractivity contribution in [3.05, 3.63) is 64.5 Å². The fraction of sp³-hybridized carbons (Fsp3) is 0.238. The highest BCUT2D eigenvalue weighted by molar-refractivity contribution is 5.89. The SMILES string of the molecule is Cc1cc(C)c(-n2nnc3c(-c4ccccc4C(F)(F)F)nc(C)nc32)c(C)c1. The highest BCUT2D eigenvalue weighted by Gasteiger charge is 2.34. The predicted octanol–water partition coefficient (Wildman–Crippen LogP) is 5.13. The molecule has 0 saturated heterocycles. The summed E-state index contributed by atoms with van der Waals surface area (Å²) in [6, 6.07) is 9.37. The van der Waals surface area contributed by atoms with Crippen LogP contribution in [0.15, 0.2) is 36.4 Å². The number of alkyl halides is 3. The van der Waals surface area contributed by atoms with Crippen molar-refractivity contribution >= 4 is 11.2 Å². The summed E-state index contributed by atoms with van der Waals surface area (Å²) in [4.78, 5) is 8.73. The van der Waals surface area contributed by atoms with Crippen LogP contribution in [-0.2, 0) is 6.18 Å². The Morgan fingerprint density at radius 1 is 0.897 bits per heavy atom. The van der Waals surface area contributed by atoms with Gasteiger partial charge in [-0.15, -0.1) is 5.10 Å². The van der Waals surface area contributed by atoms with Crippen molar-refractivity contribution in [3.8, 4) is 16.9 Å². The van der Waals surface area contributed by atoms with Crippen molar-refractivity contribution in [1.29, 1.82) is 0 Å². The van der Waals surface area contributed by atoms with Crippen LogP contribution in [0.3, 0.4) is 0 Å². The van der Waals surface area contributed by atoms with E-state index in [9.17, 15) is 13.2 Å². The van der Waals surface area contributed by atoms with E-state index >= 15 is 0 Å².